The molecule has 0 saturated heterocycles. The number of halogens is 8. The molecule has 0 spiro atoms. The first kappa shape index (κ1) is 28.4. The molecule has 0 aliphatic rings. The maximum atomic E-state index is 15.0. The summed E-state index contributed by atoms with van der Waals surface area (Å²) in [5.74, 6) is -7.45. The van der Waals surface area contributed by atoms with Crippen molar-refractivity contribution in [2.24, 2.45) is 0 Å². The van der Waals surface area contributed by atoms with Gasteiger partial charge in [-0.2, -0.15) is 4.39 Å². The Balaban J connectivity index is 1.54. The van der Waals surface area contributed by atoms with Gasteiger partial charge in [0.15, 0.2) is 28.4 Å². The van der Waals surface area contributed by atoms with Gasteiger partial charge in [0.05, 0.1) is 0 Å². The first-order chi connectivity index (χ1) is 18.6. The zero-order valence-electron chi connectivity index (χ0n) is 20.4. The Hall–Kier alpha value is -3.59. The van der Waals surface area contributed by atoms with Crippen molar-refractivity contribution < 1.29 is 35.1 Å². The van der Waals surface area contributed by atoms with Gasteiger partial charge < -0.3 is 0 Å². The fourth-order valence-electron chi connectivity index (χ4n) is 4.06. The maximum Gasteiger partial charge on any atom is 0.194 e. The topological polar surface area (TPSA) is 0 Å². The standard InChI is InChI=1S/C30H20F8S/c1-2-39-30(38)28(36)20-8-10-22(25(33)15-20)19-7-9-21(24(32)14-19)18-6-5-17(23(31)13-18)4-3-16-11-26(34)29(37)27(35)12-16/h5-15H,2-4H2,1H3. The lowest BCUT2D eigenvalue weighted by atomic mass is 9.96. The Bertz CT molecular complexity index is 1540. The second kappa shape index (κ2) is 12.1. The molecule has 0 N–H and O–H groups in total. The van der Waals surface area contributed by atoms with Crippen molar-refractivity contribution in [3.8, 4) is 22.3 Å². The third-order valence-electron chi connectivity index (χ3n) is 6.04. The summed E-state index contributed by atoms with van der Waals surface area (Å²) in [7, 11) is 0. The number of thioether (sulfide) groups is 1. The van der Waals surface area contributed by atoms with Crippen molar-refractivity contribution in [2.75, 3.05) is 5.75 Å². The second-order valence-electron chi connectivity index (χ2n) is 8.59. The zero-order valence-corrected chi connectivity index (χ0v) is 21.2. The molecule has 0 aromatic heterocycles. The van der Waals surface area contributed by atoms with E-state index in [1.54, 1.807) is 6.92 Å². The maximum absolute atomic E-state index is 15.0. The molecular weight excluding hydrogens is 544 g/mol. The van der Waals surface area contributed by atoms with Crippen LogP contribution in [-0.4, -0.2) is 5.75 Å². The highest BCUT2D eigenvalue weighted by Gasteiger charge is 2.16. The molecule has 0 atom stereocenters. The van der Waals surface area contributed by atoms with E-state index in [0.717, 1.165) is 30.3 Å². The van der Waals surface area contributed by atoms with Gasteiger partial charge >= 0.3 is 0 Å². The highest BCUT2D eigenvalue weighted by Crippen LogP contribution is 2.34. The zero-order chi connectivity index (χ0) is 28.3. The monoisotopic (exact) mass is 564 g/mol. The summed E-state index contributed by atoms with van der Waals surface area (Å²) in [4.78, 5) is 0. The van der Waals surface area contributed by atoms with Crippen LogP contribution in [-0.2, 0) is 12.8 Å². The van der Waals surface area contributed by atoms with Crippen LogP contribution in [0, 0.1) is 34.9 Å². The van der Waals surface area contributed by atoms with Gasteiger partial charge in [-0.1, -0.05) is 55.1 Å². The molecule has 0 saturated carbocycles. The minimum Gasteiger partial charge on any atom is -0.207 e. The lowest BCUT2D eigenvalue weighted by Crippen LogP contribution is -1.99. The largest absolute Gasteiger partial charge is 0.207 e. The lowest BCUT2D eigenvalue weighted by Gasteiger charge is -2.11. The Kier molecular flexibility index (Phi) is 8.80. The third-order valence-corrected chi connectivity index (χ3v) is 6.76. The molecule has 0 heterocycles. The SMILES string of the molecule is CCSC(F)=C(F)c1ccc(-c2ccc(-c3ccc(CCc4cc(F)c(F)c(F)c4)c(F)c3)c(F)c2)c(F)c1. The fourth-order valence-corrected chi connectivity index (χ4v) is 4.55. The number of rotatable bonds is 8. The minimum atomic E-state index is -1.58. The van der Waals surface area contributed by atoms with Crippen molar-refractivity contribution in [1.82, 2.24) is 0 Å². The first-order valence-electron chi connectivity index (χ1n) is 11.8. The molecule has 0 unspecified atom stereocenters. The van der Waals surface area contributed by atoms with Crippen LogP contribution < -0.4 is 0 Å². The molecule has 39 heavy (non-hydrogen) atoms. The molecule has 9 heteroatoms. The van der Waals surface area contributed by atoms with Gasteiger partial charge in [-0.05, 0) is 71.2 Å². The molecule has 4 rings (SSSR count). The average molecular weight is 565 g/mol. The fraction of sp³-hybridized carbons (Fsp3) is 0.133. The van der Waals surface area contributed by atoms with Gasteiger partial charge in [0.1, 0.15) is 17.5 Å². The molecule has 0 bridgehead atoms. The van der Waals surface area contributed by atoms with Gasteiger partial charge in [0.25, 0.3) is 0 Å². The second-order valence-corrected chi connectivity index (χ2v) is 9.81. The van der Waals surface area contributed by atoms with Crippen LogP contribution in [0.4, 0.5) is 35.1 Å². The van der Waals surface area contributed by atoms with Crippen LogP contribution in [0.15, 0.2) is 71.9 Å². The van der Waals surface area contributed by atoms with Gasteiger partial charge in [-0.3, -0.25) is 0 Å². The Morgan fingerprint density at radius 1 is 0.615 bits per heavy atom. The van der Waals surface area contributed by atoms with E-state index in [1.165, 1.54) is 36.4 Å². The molecule has 0 amide bonds. The van der Waals surface area contributed by atoms with Crippen LogP contribution in [0.2, 0.25) is 0 Å². The van der Waals surface area contributed by atoms with E-state index in [1.807, 2.05) is 0 Å². The van der Waals surface area contributed by atoms with E-state index in [2.05, 4.69) is 0 Å². The van der Waals surface area contributed by atoms with Crippen LogP contribution in [0.3, 0.4) is 0 Å². The smallest absolute Gasteiger partial charge is 0.194 e. The normalized spacial score (nSPS) is 12.0. The van der Waals surface area contributed by atoms with E-state index < -0.39 is 45.9 Å². The van der Waals surface area contributed by atoms with E-state index in [0.29, 0.717) is 17.5 Å². The van der Waals surface area contributed by atoms with Gasteiger partial charge in [0, 0.05) is 16.7 Å². The number of hydrogen-bond acceptors (Lipinski definition) is 1. The van der Waals surface area contributed by atoms with Crippen LogP contribution in [0.5, 0.6) is 0 Å². The van der Waals surface area contributed by atoms with Crippen LogP contribution in [0.1, 0.15) is 23.6 Å². The van der Waals surface area contributed by atoms with Gasteiger partial charge in [0.2, 0.25) is 0 Å². The summed E-state index contributed by atoms with van der Waals surface area (Å²) in [6.45, 7) is 1.64. The minimum absolute atomic E-state index is 0.0317. The summed E-state index contributed by atoms with van der Waals surface area (Å²) in [5, 5.41) is -1.06. The van der Waals surface area contributed by atoms with E-state index in [4.69, 9.17) is 0 Å². The molecule has 202 valence electrons. The summed E-state index contributed by atoms with van der Waals surface area (Å²) in [5.41, 5.74) is 0.429. The van der Waals surface area contributed by atoms with Gasteiger partial charge in [-0.25, -0.2) is 30.7 Å². The van der Waals surface area contributed by atoms with Crippen LogP contribution in [0.25, 0.3) is 28.1 Å². The molecule has 0 nitrogen and oxygen atoms in total. The molecule has 0 aliphatic carbocycles. The van der Waals surface area contributed by atoms with Crippen LogP contribution >= 0.6 is 11.8 Å². The molecule has 4 aromatic rings. The van der Waals surface area contributed by atoms with Crippen molar-refractivity contribution in [3.05, 3.63) is 123 Å². The molecular formula is C30H20F8S. The third kappa shape index (κ3) is 6.36. The van der Waals surface area contributed by atoms with Gasteiger partial charge in [-0.15, -0.1) is 0 Å². The molecule has 0 fully saturated rings. The lowest BCUT2D eigenvalue weighted by molar-refractivity contribution is 0.445. The molecule has 0 aliphatic heterocycles. The summed E-state index contributed by atoms with van der Waals surface area (Å²) in [6, 6.07) is 12.7. The van der Waals surface area contributed by atoms with Crippen molar-refractivity contribution >= 4 is 17.6 Å². The Morgan fingerprint density at radius 2 is 1.18 bits per heavy atom. The summed E-state index contributed by atoms with van der Waals surface area (Å²) < 4.78 is 112. The summed E-state index contributed by atoms with van der Waals surface area (Å²) >= 11 is 0.646. The van der Waals surface area contributed by atoms with Crippen molar-refractivity contribution in [3.63, 3.8) is 0 Å². The Morgan fingerprint density at radius 3 is 1.74 bits per heavy atom. The van der Waals surface area contributed by atoms with E-state index >= 15 is 0 Å². The average Bonchev–Trinajstić information content (AvgIpc) is 2.90. The van der Waals surface area contributed by atoms with Crippen molar-refractivity contribution in [1.29, 1.82) is 0 Å². The van der Waals surface area contributed by atoms with E-state index in [9.17, 15) is 35.1 Å². The number of hydrogen-bond donors (Lipinski definition) is 0. The molecule has 4 aromatic carbocycles. The predicted molar refractivity (Wildman–Crippen MR) is 138 cm³/mol. The number of benzene rings is 4. The van der Waals surface area contributed by atoms with E-state index in [-0.39, 0.29) is 51.8 Å². The highest BCUT2D eigenvalue weighted by molar-refractivity contribution is 8.03. The summed E-state index contributed by atoms with van der Waals surface area (Å²) in [6.07, 6.45) is 0.103. The molecule has 0 radical (unpaired) electrons. The number of aryl methyl sites for hydroxylation is 2. The Labute approximate surface area is 224 Å². The van der Waals surface area contributed by atoms with Crippen molar-refractivity contribution in [2.45, 2.75) is 19.8 Å². The first-order valence-corrected chi connectivity index (χ1v) is 12.8. The highest BCUT2D eigenvalue weighted by atomic mass is 32.2. The predicted octanol–water partition coefficient (Wildman–Crippen LogP) is 9.96. The quantitative estimate of drug-likeness (QED) is 0.152.